The van der Waals surface area contributed by atoms with Crippen LogP contribution in [-0.2, 0) is 10.2 Å². The second-order valence-electron chi connectivity index (χ2n) is 6.28. The molecule has 1 amide bonds. The van der Waals surface area contributed by atoms with E-state index in [1.165, 1.54) is 12.1 Å². The molecule has 24 heavy (non-hydrogen) atoms. The van der Waals surface area contributed by atoms with Crippen LogP contribution in [0.5, 0.6) is 0 Å². The average Bonchev–Trinajstić information content (AvgIpc) is 2.55. The van der Waals surface area contributed by atoms with Crippen molar-refractivity contribution in [3.63, 3.8) is 0 Å². The zero-order valence-corrected chi connectivity index (χ0v) is 14.2. The first kappa shape index (κ1) is 17.9. The molecule has 4 nitrogen and oxygen atoms in total. The number of nitrogens with one attached hydrogen (secondary N) is 1. The molecular formula is C19H23FN2O2. The van der Waals surface area contributed by atoms with Gasteiger partial charge in [0, 0.05) is 25.0 Å². The molecule has 5 heteroatoms. The Labute approximate surface area is 141 Å². The highest BCUT2D eigenvalue weighted by Gasteiger charge is 2.30. The third-order valence-electron chi connectivity index (χ3n) is 4.12. The minimum atomic E-state index is -0.853. The molecule has 0 saturated heterocycles. The van der Waals surface area contributed by atoms with Gasteiger partial charge in [0.05, 0.1) is 12.0 Å². The number of anilines is 2. The third kappa shape index (κ3) is 4.11. The molecule has 0 atom stereocenters. The number of hydrogen-bond acceptors (Lipinski definition) is 3. The van der Waals surface area contributed by atoms with E-state index in [2.05, 4.69) is 5.32 Å². The Balaban J connectivity index is 2.11. The molecule has 2 N–H and O–H groups in total. The Hall–Kier alpha value is -2.40. The van der Waals surface area contributed by atoms with E-state index in [1.54, 1.807) is 26.0 Å². The van der Waals surface area contributed by atoms with Gasteiger partial charge >= 0.3 is 0 Å². The van der Waals surface area contributed by atoms with Crippen molar-refractivity contribution >= 4 is 17.3 Å². The first-order chi connectivity index (χ1) is 11.3. The fourth-order valence-corrected chi connectivity index (χ4v) is 2.37. The Morgan fingerprint density at radius 2 is 1.88 bits per heavy atom. The van der Waals surface area contributed by atoms with Gasteiger partial charge in [0.25, 0.3) is 0 Å². The van der Waals surface area contributed by atoms with Crippen LogP contribution in [0.1, 0.15) is 19.4 Å². The van der Waals surface area contributed by atoms with Gasteiger partial charge in [-0.3, -0.25) is 4.79 Å². The summed E-state index contributed by atoms with van der Waals surface area (Å²) in [5, 5.41) is 11.8. The van der Waals surface area contributed by atoms with Crippen molar-refractivity contribution in [2.24, 2.45) is 0 Å². The standard InChI is InChI=1S/C19H23FN2O2/c1-19(2,14-5-4-6-15(20)13-14)18(24)21-16-7-9-17(10-8-16)22(3)11-12-23/h4-10,13,23H,11-12H2,1-3H3,(H,21,24). The summed E-state index contributed by atoms with van der Waals surface area (Å²) in [6.07, 6.45) is 0. The molecule has 0 unspecified atom stereocenters. The maximum atomic E-state index is 13.4. The van der Waals surface area contributed by atoms with E-state index in [-0.39, 0.29) is 18.3 Å². The lowest BCUT2D eigenvalue weighted by Gasteiger charge is -2.24. The number of carbonyl (C=O) groups is 1. The first-order valence-electron chi connectivity index (χ1n) is 7.84. The van der Waals surface area contributed by atoms with Crippen LogP contribution in [0.2, 0.25) is 0 Å². The number of halogens is 1. The van der Waals surface area contributed by atoms with E-state index >= 15 is 0 Å². The summed E-state index contributed by atoms with van der Waals surface area (Å²) in [5.74, 6) is -0.561. The maximum absolute atomic E-state index is 13.4. The van der Waals surface area contributed by atoms with Crippen molar-refractivity contribution in [3.8, 4) is 0 Å². The number of benzene rings is 2. The van der Waals surface area contributed by atoms with Gasteiger partial charge in [-0.15, -0.1) is 0 Å². The fourth-order valence-electron chi connectivity index (χ4n) is 2.37. The lowest BCUT2D eigenvalue weighted by molar-refractivity contribution is -0.120. The van der Waals surface area contributed by atoms with Crippen molar-refractivity contribution in [3.05, 3.63) is 59.9 Å². The number of rotatable bonds is 6. The summed E-state index contributed by atoms with van der Waals surface area (Å²) in [6.45, 7) is 4.15. The van der Waals surface area contributed by atoms with E-state index in [0.717, 1.165) is 5.69 Å². The number of aliphatic hydroxyl groups is 1. The summed E-state index contributed by atoms with van der Waals surface area (Å²) in [7, 11) is 1.89. The lowest BCUT2D eigenvalue weighted by Crippen LogP contribution is -2.34. The van der Waals surface area contributed by atoms with Gasteiger partial charge in [0.1, 0.15) is 5.82 Å². The van der Waals surface area contributed by atoms with Crippen molar-refractivity contribution in [1.82, 2.24) is 0 Å². The highest BCUT2D eigenvalue weighted by Crippen LogP contribution is 2.26. The normalized spacial score (nSPS) is 11.2. The van der Waals surface area contributed by atoms with Gasteiger partial charge < -0.3 is 15.3 Å². The molecule has 0 heterocycles. The minimum absolute atomic E-state index is 0.0802. The van der Waals surface area contributed by atoms with Crippen LogP contribution in [0.4, 0.5) is 15.8 Å². The fraction of sp³-hybridized carbons (Fsp3) is 0.316. The van der Waals surface area contributed by atoms with Crippen LogP contribution in [0.15, 0.2) is 48.5 Å². The Bertz CT molecular complexity index is 699. The molecule has 0 aliphatic carbocycles. The number of aliphatic hydroxyl groups excluding tert-OH is 1. The second-order valence-corrected chi connectivity index (χ2v) is 6.28. The predicted octanol–water partition coefficient (Wildman–Crippen LogP) is 3.17. The van der Waals surface area contributed by atoms with Crippen LogP contribution < -0.4 is 10.2 Å². The molecule has 2 rings (SSSR count). The van der Waals surface area contributed by atoms with Gasteiger partial charge in [-0.05, 0) is 55.8 Å². The molecule has 0 saturated carbocycles. The Kier molecular flexibility index (Phi) is 5.57. The molecule has 0 fully saturated rings. The largest absolute Gasteiger partial charge is 0.395 e. The Morgan fingerprint density at radius 1 is 1.21 bits per heavy atom. The van der Waals surface area contributed by atoms with E-state index in [9.17, 15) is 9.18 Å². The molecule has 2 aromatic rings. The van der Waals surface area contributed by atoms with Gasteiger partial charge in [0.2, 0.25) is 5.91 Å². The number of likely N-dealkylation sites (N-methyl/N-ethyl adjacent to an activating group) is 1. The zero-order chi connectivity index (χ0) is 17.7. The van der Waals surface area contributed by atoms with E-state index in [0.29, 0.717) is 17.8 Å². The minimum Gasteiger partial charge on any atom is -0.395 e. The summed E-state index contributed by atoms with van der Waals surface area (Å²) in [5.41, 5.74) is 1.39. The van der Waals surface area contributed by atoms with Gasteiger partial charge in [-0.1, -0.05) is 12.1 Å². The molecule has 0 bridgehead atoms. The number of hydrogen-bond donors (Lipinski definition) is 2. The zero-order valence-electron chi connectivity index (χ0n) is 14.2. The molecule has 0 aliphatic rings. The Morgan fingerprint density at radius 3 is 2.46 bits per heavy atom. The number of nitrogens with zero attached hydrogens (tertiary/aromatic N) is 1. The predicted molar refractivity (Wildman–Crippen MR) is 94.9 cm³/mol. The second kappa shape index (κ2) is 7.45. The topological polar surface area (TPSA) is 52.6 Å². The molecule has 128 valence electrons. The number of carbonyl (C=O) groups excluding carboxylic acids is 1. The third-order valence-corrected chi connectivity index (χ3v) is 4.12. The molecule has 2 aromatic carbocycles. The van der Waals surface area contributed by atoms with Crippen molar-refractivity contribution in [1.29, 1.82) is 0 Å². The smallest absolute Gasteiger partial charge is 0.234 e. The molecular weight excluding hydrogens is 307 g/mol. The summed E-state index contributed by atoms with van der Waals surface area (Å²) < 4.78 is 13.4. The SMILES string of the molecule is CN(CCO)c1ccc(NC(=O)C(C)(C)c2cccc(F)c2)cc1. The molecule has 0 spiro atoms. The van der Waals surface area contributed by atoms with E-state index in [4.69, 9.17) is 5.11 Å². The highest BCUT2D eigenvalue weighted by molar-refractivity contribution is 5.98. The summed E-state index contributed by atoms with van der Waals surface area (Å²) in [4.78, 5) is 14.5. The van der Waals surface area contributed by atoms with Crippen molar-refractivity contribution in [2.75, 3.05) is 30.4 Å². The average molecular weight is 330 g/mol. The van der Waals surface area contributed by atoms with Crippen LogP contribution in [-0.4, -0.2) is 31.2 Å². The maximum Gasteiger partial charge on any atom is 0.234 e. The van der Waals surface area contributed by atoms with Crippen molar-refractivity contribution < 1.29 is 14.3 Å². The number of amides is 1. The van der Waals surface area contributed by atoms with Crippen LogP contribution in [0, 0.1) is 5.82 Å². The highest BCUT2D eigenvalue weighted by atomic mass is 19.1. The van der Waals surface area contributed by atoms with Gasteiger partial charge in [-0.25, -0.2) is 4.39 Å². The molecule has 0 aliphatic heterocycles. The van der Waals surface area contributed by atoms with Crippen molar-refractivity contribution in [2.45, 2.75) is 19.3 Å². The quantitative estimate of drug-likeness (QED) is 0.855. The van der Waals surface area contributed by atoms with E-state index < -0.39 is 5.41 Å². The van der Waals surface area contributed by atoms with E-state index in [1.807, 2.05) is 36.2 Å². The van der Waals surface area contributed by atoms with Crippen LogP contribution >= 0.6 is 0 Å². The molecule has 0 aromatic heterocycles. The summed E-state index contributed by atoms with van der Waals surface area (Å²) in [6, 6.07) is 13.5. The van der Waals surface area contributed by atoms with Gasteiger partial charge in [-0.2, -0.15) is 0 Å². The summed E-state index contributed by atoms with van der Waals surface area (Å²) >= 11 is 0. The van der Waals surface area contributed by atoms with Crippen LogP contribution in [0.3, 0.4) is 0 Å². The monoisotopic (exact) mass is 330 g/mol. The first-order valence-corrected chi connectivity index (χ1v) is 7.84. The van der Waals surface area contributed by atoms with Crippen LogP contribution in [0.25, 0.3) is 0 Å². The lowest BCUT2D eigenvalue weighted by atomic mass is 9.83. The molecule has 0 radical (unpaired) electrons. The van der Waals surface area contributed by atoms with Gasteiger partial charge in [0.15, 0.2) is 0 Å².